The molecule has 63 heavy (non-hydrogen) atoms. The zero-order valence-electron chi connectivity index (χ0n) is 34.0. The van der Waals surface area contributed by atoms with Crippen LogP contribution in [0.25, 0.3) is 117 Å². The van der Waals surface area contributed by atoms with E-state index in [9.17, 15) is 0 Å². The highest BCUT2D eigenvalue weighted by atomic mass is 15.2. The summed E-state index contributed by atoms with van der Waals surface area (Å²) in [7, 11) is 0. The fourth-order valence-electron chi connectivity index (χ4n) is 9.69. The lowest BCUT2D eigenvalue weighted by molar-refractivity contribution is 0.953. The molecule has 0 aliphatic carbocycles. The lowest BCUT2D eigenvalue weighted by Gasteiger charge is -2.12. The van der Waals surface area contributed by atoms with Crippen LogP contribution >= 0.6 is 0 Å². The first-order chi connectivity index (χ1) is 31.3. The molecule has 13 rings (SSSR count). The maximum atomic E-state index is 5.25. The lowest BCUT2D eigenvalue weighted by atomic mass is 10.0. The monoisotopic (exact) mass is 804 g/mol. The van der Waals surface area contributed by atoms with E-state index in [1.165, 1.54) is 32.6 Å². The molecular formula is C57H36N6. The third kappa shape index (κ3) is 5.48. The van der Waals surface area contributed by atoms with Crippen molar-refractivity contribution in [2.24, 2.45) is 0 Å². The number of fused-ring (bicyclic) bond motifs is 10. The van der Waals surface area contributed by atoms with Crippen molar-refractivity contribution in [3.63, 3.8) is 0 Å². The third-order valence-corrected chi connectivity index (χ3v) is 12.5. The van der Waals surface area contributed by atoms with Crippen molar-refractivity contribution in [2.45, 2.75) is 0 Å². The van der Waals surface area contributed by atoms with E-state index in [0.717, 1.165) is 66.5 Å². The van der Waals surface area contributed by atoms with Crippen LogP contribution in [0.3, 0.4) is 0 Å². The fraction of sp³-hybridized carbons (Fsp3) is 0. The van der Waals surface area contributed by atoms with Gasteiger partial charge in [0.2, 0.25) is 5.95 Å². The first-order valence-electron chi connectivity index (χ1n) is 21.3. The molecule has 0 spiro atoms. The summed E-state index contributed by atoms with van der Waals surface area (Å²) in [5.41, 5.74) is 13.1. The maximum Gasteiger partial charge on any atom is 0.238 e. The zero-order chi connectivity index (χ0) is 41.4. The molecule has 294 valence electrons. The van der Waals surface area contributed by atoms with Crippen LogP contribution in [-0.4, -0.2) is 28.7 Å². The minimum absolute atomic E-state index is 0.573. The molecule has 0 amide bonds. The summed E-state index contributed by atoms with van der Waals surface area (Å²) in [6.07, 6.45) is 0. The quantitative estimate of drug-likeness (QED) is 0.168. The molecular weight excluding hydrogens is 769 g/mol. The molecule has 6 nitrogen and oxygen atoms in total. The number of benzene rings is 9. The first-order valence-corrected chi connectivity index (χ1v) is 21.3. The summed E-state index contributed by atoms with van der Waals surface area (Å²) in [6.45, 7) is 0. The maximum absolute atomic E-state index is 5.25. The molecule has 13 aromatic rings. The van der Waals surface area contributed by atoms with Crippen molar-refractivity contribution in [1.29, 1.82) is 0 Å². The van der Waals surface area contributed by atoms with Crippen LogP contribution < -0.4 is 0 Å². The highest BCUT2D eigenvalue weighted by Gasteiger charge is 2.22. The van der Waals surface area contributed by atoms with Crippen LogP contribution in [0.2, 0.25) is 0 Å². The SMILES string of the molecule is c1ccc(-c2ccc(-c3nc(-c4ccc(-n5c6ccccc6c6c5ccc5c7ccccc7n(-c7ccccc7)c56)cc4)nc(-n4c5ccccc5c5ccccc54)n3)cc2)cc1. The Bertz CT molecular complexity index is 3830. The standard InChI is InChI=1S/C57H36N6/c1-3-15-37(16-4-1)38-27-29-39(30-28-38)55-58-56(60-57(59-55)63-49-24-12-7-19-43(49)44-20-8-13-25-50(44)63)40-31-33-42(34-32-40)61-51-26-14-10-22-47(51)53-52(61)36-35-46-45-21-9-11-23-48(45)62(54(46)53)41-17-5-2-6-18-41/h1-36H. The highest BCUT2D eigenvalue weighted by Crippen LogP contribution is 2.42. The Morgan fingerprint density at radius 1 is 0.254 bits per heavy atom. The topological polar surface area (TPSA) is 53.5 Å². The number of hydrogen-bond acceptors (Lipinski definition) is 3. The molecule has 0 atom stereocenters. The molecule has 0 N–H and O–H groups in total. The molecule has 0 radical (unpaired) electrons. The van der Waals surface area contributed by atoms with Crippen molar-refractivity contribution in [3.8, 4) is 51.2 Å². The van der Waals surface area contributed by atoms with Gasteiger partial charge in [-0.2, -0.15) is 9.97 Å². The average Bonchev–Trinajstić information content (AvgIpc) is 4.00. The normalized spacial score (nSPS) is 11.8. The van der Waals surface area contributed by atoms with E-state index < -0.39 is 0 Å². The molecule has 0 saturated carbocycles. The third-order valence-electron chi connectivity index (χ3n) is 12.5. The number of aromatic nitrogens is 6. The van der Waals surface area contributed by atoms with Crippen molar-refractivity contribution >= 4 is 65.4 Å². The lowest BCUT2D eigenvalue weighted by Crippen LogP contribution is -2.06. The first kappa shape index (κ1) is 35.2. The Kier molecular flexibility index (Phi) is 7.80. The molecule has 0 bridgehead atoms. The minimum Gasteiger partial charge on any atom is -0.309 e. The second-order valence-electron chi connectivity index (χ2n) is 16.0. The Labute approximate surface area is 362 Å². The van der Waals surface area contributed by atoms with Gasteiger partial charge in [-0.15, -0.1) is 0 Å². The minimum atomic E-state index is 0.573. The van der Waals surface area contributed by atoms with E-state index in [0.29, 0.717) is 17.6 Å². The van der Waals surface area contributed by atoms with Crippen LogP contribution in [0.5, 0.6) is 0 Å². The van der Waals surface area contributed by atoms with Gasteiger partial charge < -0.3 is 9.13 Å². The van der Waals surface area contributed by atoms with E-state index in [1.807, 2.05) is 6.07 Å². The Morgan fingerprint density at radius 3 is 1.29 bits per heavy atom. The molecule has 0 fully saturated rings. The van der Waals surface area contributed by atoms with Gasteiger partial charge in [0.25, 0.3) is 0 Å². The van der Waals surface area contributed by atoms with Gasteiger partial charge in [-0.1, -0.05) is 152 Å². The molecule has 9 aromatic carbocycles. The van der Waals surface area contributed by atoms with Crippen molar-refractivity contribution in [3.05, 3.63) is 218 Å². The van der Waals surface area contributed by atoms with Crippen LogP contribution in [0.15, 0.2) is 218 Å². The summed E-state index contributed by atoms with van der Waals surface area (Å²) < 4.78 is 6.98. The van der Waals surface area contributed by atoms with Crippen molar-refractivity contribution in [1.82, 2.24) is 28.7 Å². The second-order valence-corrected chi connectivity index (χ2v) is 16.0. The Balaban J connectivity index is 0.994. The van der Waals surface area contributed by atoms with E-state index in [4.69, 9.17) is 15.0 Å². The zero-order valence-corrected chi connectivity index (χ0v) is 34.0. The van der Waals surface area contributed by atoms with E-state index >= 15 is 0 Å². The summed E-state index contributed by atoms with van der Waals surface area (Å²) >= 11 is 0. The number of hydrogen-bond donors (Lipinski definition) is 0. The van der Waals surface area contributed by atoms with Gasteiger partial charge in [0.15, 0.2) is 11.6 Å². The molecule has 0 aliphatic heterocycles. The predicted molar refractivity (Wildman–Crippen MR) is 259 cm³/mol. The largest absolute Gasteiger partial charge is 0.309 e. The van der Waals surface area contributed by atoms with Crippen LogP contribution in [0, 0.1) is 0 Å². The molecule has 0 saturated heterocycles. The van der Waals surface area contributed by atoms with Gasteiger partial charge in [-0.25, -0.2) is 4.98 Å². The summed E-state index contributed by atoms with van der Waals surface area (Å²) in [4.78, 5) is 15.6. The number of nitrogens with zero attached hydrogens (tertiary/aromatic N) is 6. The molecule has 0 aliphatic rings. The summed E-state index contributed by atoms with van der Waals surface area (Å²) in [5.74, 6) is 1.79. The number of rotatable bonds is 6. The second kappa shape index (κ2) is 14.0. The average molecular weight is 805 g/mol. The van der Waals surface area contributed by atoms with E-state index in [2.05, 4.69) is 226 Å². The predicted octanol–water partition coefficient (Wildman–Crippen LogP) is 14.2. The van der Waals surface area contributed by atoms with Gasteiger partial charge in [-0.3, -0.25) is 4.57 Å². The van der Waals surface area contributed by atoms with Gasteiger partial charge >= 0.3 is 0 Å². The van der Waals surface area contributed by atoms with E-state index in [-0.39, 0.29) is 0 Å². The van der Waals surface area contributed by atoms with Crippen LogP contribution in [0.1, 0.15) is 0 Å². The molecule has 0 unspecified atom stereocenters. The summed E-state index contributed by atoms with van der Waals surface area (Å²) in [5, 5.41) is 7.21. The Morgan fingerprint density at radius 2 is 0.683 bits per heavy atom. The van der Waals surface area contributed by atoms with Gasteiger partial charge in [0, 0.05) is 54.8 Å². The van der Waals surface area contributed by atoms with Gasteiger partial charge in [0.05, 0.1) is 33.1 Å². The van der Waals surface area contributed by atoms with Crippen molar-refractivity contribution in [2.75, 3.05) is 0 Å². The van der Waals surface area contributed by atoms with Crippen LogP contribution in [0.4, 0.5) is 0 Å². The highest BCUT2D eigenvalue weighted by molar-refractivity contribution is 6.26. The van der Waals surface area contributed by atoms with E-state index in [1.54, 1.807) is 0 Å². The molecule has 6 heteroatoms. The fourth-order valence-corrected chi connectivity index (χ4v) is 9.69. The van der Waals surface area contributed by atoms with Crippen molar-refractivity contribution < 1.29 is 0 Å². The van der Waals surface area contributed by atoms with Gasteiger partial charge in [-0.05, 0) is 77.9 Å². The number of para-hydroxylation sites is 5. The Hall–Kier alpha value is -8.61. The smallest absolute Gasteiger partial charge is 0.238 e. The molecule has 4 heterocycles. The van der Waals surface area contributed by atoms with Gasteiger partial charge in [0.1, 0.15) is 0 Å². The van der Waals surface area contributed by atoms with Crippen LogP contribution in [-0.2, 0) is 0 Å². The summed E-state index contributed by atoms with van der Waals surface area (Å²) in [6, 6.07) is 77.3. The molecule has 4 aromatic heterocycles.